The van der Waals surface area contributed by atoms with Gasteiger partial charge in [-0.1, -0.05) is 19.3 Å². The summed E-state index contributed by atoms with van der Waals surface area (Å²) in [6, 6.07) is 0. The van der Waals surface area contributed by atoms with Crippen LogP contribution in [0.5, 0.6) is 0 Å². The number of anilines is 1. The quantitative estimate of drug-likeness (QED) is 0.411. The van der Waals surface area contributed by atoms with Crippen molar-refractivity contribution >= 4 is 28.8 Å². The molecule has 0 bridgehead atoms. The molecule has 1 amide bonds. The van der Waals surface area contributed by atoms with Gasteiger partial charge in [-0.2, -0.15) is 5.10 Å². The van der Waals surface area contributed by atoms with Crippen molar-refractivity contribution < 1.29 is 23.1 Å². The highest BCUT2D eigenvalue weighted by molar-refractivity contribution is 5.97. The molecule has 4 aromatic rings. The Morgan fingerprint density at radius 3 is 2.58 bits per heavy atom. The predicted octanol–water partition coefficient (Wildman–Crippen LogP) is 4.14. The average molecular weight is 432 g/mol. The van der Waals surface area contributed by atoms with Crippen LogP contribution in [0.15, 0.2) is 24.8 Å². The van der Waals surface area contributed by atoms with Gasteiger partial charge in [0.2, 0.25) is 6.41 Å². The highest BCUT2D eigenvalue weighted by Crippen LogP contribution is 2.41. The first-order valence-corrected chi connectivity index (χ1v) is 9.62. The summed E-state index contributed by atoms with van der Waals surface area (Å²) < 4.78 is 44.1. The molecule has 1 unspecified atom stereocenters. The van der Waals surface area contributed by atoms with Gasteiger partial charge in [0.25, 0.3) is 6.43 Å². The number of fused-ring (bicyclic) bond motifs is 2. The minimum atomic E-state index is -3.15. The molecule has 162 valence electrons. The van der Waals surface area contributed by atoms with Gasteiger partial charge in [0.1, 0.15) is 5.82 Å². The zero-order valence-corrected chi connectivity index (χ0v) is 16.4. The van der Waals surface area contributed by atoms with E-state index in [1.165, 1.54) is 55.4 Å². The third-order valence-electron chi connectivity index (χ3n) is 4.71. The van der Waals surface area contributed by atoms with E-state index in [4.69, 9.17) is 0 Å². The number of H-pyrrole nitrogens is 1. The average Bonchev–Trinajstić information content (AvgIpc) is 3.43. The van der Waals surface area contributed by atoms with Crippen LogP contribution >= 0.6 is 0 Å². The molecule has 0 spiro atoms. The highest BCUT2D eigenvalue weighted by Gasteiger charge is 2.29. The maximum atomic E-state index is 15.0. The molecule has 31 heavy (non-hydrogen) atoms. The van der Waals surface area contributed by atoms with Crippen molar-refractivity contribution in [2.75, 3.05) is 5.32 Å². The summed E-state index contributed by atoms with van der Waals surface area (Å²) in [4.78, 5) is 18.8. The van der Waals surface area contributed by atoms with Crippen LogP contribution in [-0.2, 0) is 4.79 Å². The number of amides is 1. The molecule has 3 heterocycles. The lowest BCUT2D eigenvalue weighted by Crippen LogP contribution is -2.06. The number of aromatic amines is 1. The second-order valence-electron chi connectivity index (χ2n) is 7.14. The molecule has 3 aromatic heterocycles. The van der Waals surface area contributed by atoms with Crippen molar-refractivity contribution in [3.63, 3.8) is 0 Å². The maximum Gasteiger partial charge on any atom is 0.267 e. The predicted molar refractivity (Wildman–Crippen MR) is 107 cm³/mol. The summed E-state index contributed by atoms with van der Waals surface area (Å²) in [6.45, 7) is 1.28. The molecule has 1 saturated carbocycles. The van der Waals surface area contributed by atoms with Crippen molar-refractivity contribution in [1.82, 2.24) is 24.6 Å². The van der Waals surface area contributed by atoms with Gasteiger partial charge in [-0.15, -0.1) is 0 Å². The van der Waals surface area contributed by atoms with Crippen LogP contribution in [0.4, 0.5) is 19.0 Å². The number of aliphatic hydroxyl groups excluding tert-OH is 1. The number of nitrogens with zero attached hydrogens (tertiary/aromatic N) is 4. The Morgan fingerprint density at radius 1 is 1.23 bits per heavy atom. The van der Waals surface area contributed by atoms with Gasteiger partial charge < -0.3 is 14.8 Å². The lowest BCUT2D eigenvalue weighted by Gasteiger charge is -2.16. The second kappa shape index (κ2) is 8.34. The number of halogens is 3. The van der Waals surface area contributed by atoms with Crippen molar-refractivity contribution in [3.8, 4) is 11.3 Å². The van der Waals surface area contributed by atoms with E-state index in [9.17, 15) is 23.1 Å². The lowest BCUT2D eigenvalue weighted by molar-refractivity contribution is -0.105. The first kappa shape index (κ1) is 20.8. The number of aromatic nitrogens is 5. The first-order chi connectivity index (χ1) is 14.9. The lowest BCUT2D eigenvalue weighted by atomic mass is 9.94. The van der Waals surface area contributed by atoms with Crippen LogP contribution in [0.2, 0.25) is 0 Å². The summed E-state index contributed by atoms with van der Waals surface area (Å²) in [5, 5.41) is 18.8. The minimum Gasteiger partial charge on any atom is -0.389 e. The molecule has 3 N–H and O–H groups in total. The Bertz CT molecular complexity index is 1250. The van der Waals surface area contributed by atoms with E-state index in [-0.39, 0.29) is 33.5 Å². The van der Waals surface area contributed by atoms with Gasteiger partial charge in [-0.25, -0.2) is 18.2 Å². The normalized spacial score (nSPS) is 13.9. The smallest absolute Gasteiger partial charge is 0.267 e. The van der Waals surface area contributed by atoms with Crippen LogP contribution in [0, 0.1) is 5.82 Å². The first-order valence-electron chi connectivity index (χ1n) is 9.62. The summed E-state index contributed by atoms with van der Waals surface area (Å²) in [5.74, 6) is -0.972. The largest absolute Gasteiger partial charge is 0.389 e. The number of hydrogen-bond donors (Lipinski definition) is 3. The molecule has 1 atom stereocenters. The highest BCUT2D eigenvalue weighted by atomic mass is 19.3. The number of carbonyl (C=O) groups is 1. The van der Waals surface area contributed by atoms with Gasteiger partial charge in [-0.05, 0) is 6.92 Å². The van der Waals surface area contributed by atoms with Crippen LogP contribution in [0.1, 0.15) is 49.8 Å². The molecule has 0 aliphatic heterocycles. The molecular weight excluding hydrogens is 413 g/mol. The zero-order valence-electron chi connectivity index (χ0n) is 16.4. The van der Waals surface area contributed by atoms with Crippen molar-refractivity contribution in [2.45, 2.75) is 38.7 Å². The monoisotopic (exact) mass is 432 g/mol. The molecule has 1 aliphatic rings. The Hall–Kier alpha value is -3.47. The van der Waals surface area contributed by atoms with E-state index < -0.39 is 23.9 Å². The van der Waals surface area contributed by atoms with Gasteiger partial charge in [0.15, 0.2) is 11.5 Å². The van der Waals surface area contributed by atoms with E-state index in [0.29, 0.717) is 12.1 Å². The third kappa shape index (κ3) is 3.96. The number of alkyl halides is 2. The molecular formula is C20H19F3N6O2. The molecule has 1 fully saturated rings. The molecule has 0 saturated heterocycles. The number of imidazole rings is 1. The fraction of sp³-hybridized carbons (Fsp3) is 0.300. The number of aliphatic hydroxyl groups is 1. The van der Waals surface area contributed by atoms with E-state index in [1.807, 2.05) is 0 Å². The van der Waals surface area contributed by atoms with Gasteiger partial charge >= 0.3 is 0 Å². The van der Waals surface area contributed by atoms with Crippen molar-refractivity contribution in [3.05, 3.63) is 41.7 Å². The Balaban J connectivity index is 0.000000710. The van der Waals surface area contributed by atoms with Crippen LogP contribution in [0.25, 0.3) is 27.8 Å². The van der Waals surface area contributed by atoms with E-state index in [1.54, 1.807) is 0 Å². The molecule has 5 rings (SSSR count). The van der Waals surface area contributed by atoms with E-state index in [2.05, 4.69) is 25.5 Å². The summed E-state index contributed by atoms with van der Waals surface area (Å²) >= 11 is 0. The maximum absolute atomic E-state index is 15.0. The number of rotatable bonds is 5. The number of carbonyl (C=O) groups excluding carboxylic acids is 1. The van der Waals surface area contributed by atoms with Crippen LogP contribution < -0.4 is 5.32 Å². The van der Waals surface area contributed by atoms with Gasteiger partial charge in [0.05, 0.1) is 41.5 Å². The summed E-state index contributed by atoms with van der Waals surface area (Å²) in [6.07, 6.45) is 5.92. The molecule has 8 nitrogen and oxygen atoms in total. The fourth-order valence-electron chi connectivity index (χ4n) is 3.22. The topological polar surface area (TPSA) is 108 Å². The van der Waals surface area contributed by atoms with Crippen LogP contribution in [0.3, 0.4) is 0 Å². The van der Waals surface area contributed by atoms with Crippen molar-refractivity contribution in [2.24, 2.45) is 0 Å². The SMILES string of the molecule is C1CC1.CC(O)c1c(F)c(C(F)F)c(-c2cn3cc(NC=O)nc3cn2)c2cn[nH]c12. The van der Waals surface area contributed by atoms with Gasteiger partial charge in [-0.3, -0.25) is 14.9 Å². The minimum absolute atomic E-state index is 0.0558. The Morgan fingerprint density at radius 2 is 1.97 bits per heavy atom. The van der Waals surface area contributed by atoms with E-state index >= 15 is 0 Å². The zero-order chi connectivity index (χ0) is 22.1. The van der Waals surface area contributed by atoms with Gasteiger partial charge in [0, 0.05) is 22.7 Å². The Labute approximate surface area is 174 Å². The molecule has 11 heteroatoms. The molecule has 0 radical (unpaired) electrons. The summed E-state index contributed by atoms with van der Waals surface area (Å²) in [5.41, 5.74) is -0.767. The summed E-state index contributed by atoms with van der Waals surface area (Å²) in [7, 11) is 0. The third-order valence-corrected chi connectivity index (χ3v) is 4.71. The number of nitrogens with one attached hydrogen (secondary N) is 2. The molecule has 1 aliphatic carbocycles. The number of benzene rings is 1. The standard InChI is InChI=1S/C17H13F3N6O2.C3H6/c1-7(28)12-15(18)14(17(19)20)13(8-2-23-25-16(8)12)9-4-26-5-10(22-6-27)24-11(26)3-21-9;1-2-3-1/h2-7,17,28H,1H3,(H,22,27)(H,23,25);1-3H2. The van der Waals surface area contributed by atoms with Crippen molar-refractivity contribution in [1.29, 1.82) is 0 Å². The van der Waals surface area contributed by atoms with Crippen LogP contribution in [-0.4, -0.2) is 36.1 Å². The number of hydrogen-bond acceptors (Lipinski definition) is 5. The van der Waals surface area contributed by atoms with E-state index in [0.717, 1.165) is 0 Å². The second-order valence-corrected chi connectivity index (χ2v) is 7.14. The fourth-order valence-corrected chi connectivity index (χ4v) is 3.22. The molecule has 1 aromatic carbocycles. The Kier molecular flexibility index (Phi) is 5.59.